The van der Waals surface area contributed by atoms with Crippen molar-refractivity contribution in [3.8, 4) is 18.2 Å². The summed E-state index contributed by atoms with van der Waals surface area (Å²) >= 11 is 4.64. The molecule has 26 heteroatoms. The Bertz CT molecular complexity index is 3600. The molecule has 0 aliphatic rings. The Kier molecular flexibility index (Phi) is 29.9. The van der Waals surface area contributed by atoms with E-state index in [2.05, 4.69) is 134 Å². The number of hydrogen-bond donors (Lipinski definition) is 6. The van der Waals surface area contributed by atoms with Gasteiger partial charge in [-0.3, -0.25) is 34.2 Å². The first-order valence-corrected chi connectivity index (χ1v) is 29.7. The monoisotopic (exact) mass is 1250 g/mol. The van der Waals surface area contributed by atoms with Crippen LogP contribution in [0.5, 0.6) is 0 Å². The lowest BCUT2D eigenvalue weighted by Gasteiger charge is -2.22. The first-order chi connectivity index (χ1) is 42.1. The molecule has 0 atom stereocenters. The number of nitrogens with zero attached hydrogens (tertiary/aromatic N) is 14. The molecule has 6 aromatic rings. The van der Waals surface area contributed by atoms with Crippen LogP contribution in [-0.2, 0) is 35.4 Å². The summed E-state index contributed by atoms with van der Waals surface area (Å²) in [5.74, 6) is -0.264. The molecule has 7 N–H and O–H groups in total. The van der Waals surface area contributed by atoms with Crippen molar-refractivity contribution in [2.75, 3.05) is 75.7 Å². The minimum Gasteiger partial charge on any atom is -0.381 e. The van der Waals surface area contributed by atoms with Crippen LogP contribution in [0.25, 0.3) is 0 Å². The average Bonchev–Trinajstić information content (AvgIpc) is 2.52. The summed E-state index contributed by atoms with van der Waals surface area (Å²) < 4.78 is 1.09. The van der Waals surface area contributed by atoms with Crippen molar-refractivity contribution in [3.63, 3.8) is 0 Å². The van der Waals surface area contributed by atoms with Gasteiger partial charge in [0.15, 0.2) is 11.6 Å². The third-order valence-corrected chi connectivity index (χ3v) is 12.9. The second-order valence-electron chi connectivity index (χ2n) is 23.1. The van der Waals surface area contributed by atoms with E-state index in [9.17, 15) is 34.5 Å². The van der Waals surface area contributed by atoms with Gasteiger partial charge in [-0.05, 0) is 108 Å². The van der Waals surface area contributed by atoms with Crippen molar-refractivity contribution in [3.05, 3.63) is 94.4 Å². The van der Waals surface area contributed by atoms with Crippen LogP contribution in [0, 0.1) is 34.0 Å². The number of nitriles is 3. The molecule has 6 rings (SSSR count). The fraction of sp³-hybridized carbons (Fsp3) is 0.453. The fourth-order valence-corrected chi connectivity index (χ4v) is 8.56. The van der Waals surface area contributed by atoms with E-state index in [1.807, 2.05) is 125 Å². The number of benzene rings is 3. The van der Waals surface area contributed by atoms with Gasteiger partial charge in [0.05, 0.1) is 28.5 Å². The first-order valence-electron chi connectivity index (χ1n) is 29.3. The van der Waals surface area contributed by atoms with Crippen molar-refractivity contribution >= 4 is 103 Å². The van der Waals surface area contributed by atoms with Crippen LogP contribution in [0.2, 0.25) is 0 Å². The highest BCUT2D eigenvalue weighted by atomic mass is 35.5. The number of hydrogen-bond acceptors (Lipinski definition) is 19. The van der Waals surface area contributed by atoms with E-state index in [1.165, 1.54) is 34.6 Å². The lowest BCUT2D eigenvalue weighted by atomic mass is 9.90. The van der Waals surface area contributed by atoms with Crippen molar-refractivity contribution < 1.29 is 24.0 Å². The molecule has 0 aliphatic carbocycles. The zero-order valence-corrected chi connectivity index (χ0v) is 56.5. The molecule has 25 nitrogen and oxygen atoms in total. The van der Waals surface area contributed by atoms with E-state index in [0.29, 0.717) is 45.3 Å². The van der Waals surface area contributed by atoms with Gasteiger partial charge in [0, 0.05) is 113 Å². The SMILES string of the molecule is CC(=O)Cl.CC(C)(C)c1[nH]nc(N)c1C#N.CCN(CC)c1ccc(N=Nc2c(C#N)c(C(C)(C)C)nn2C(C)=O)c(NC(C)=O)c1.CCN(CC)c1ccc(N=Nc2n[nH]c(C(C)(C)C)c2C#N)c(NC(C)=O)c1.CCN(CC)c1cccc(NC(C)=O)c1. The molecule has 0 aliphatic heterocycles. The predicted octanol–water partition coefficient (Wildman–Crippen LogP) is 14.2. The maximum atomic E-state index is 12.1. The molecule has 3 aromatic heterocycles. The summed E-state index contributed by atoms with van der Waals surface area (Å²) in [6.45, 7) is 42.5. The quantitative estimate of drug-likeness (QED) is 0.0387. The van der Waals surface area contributed by atoms with Crippen molar-refractivity contribution in [1.29, 1.82) is 15.8 Å². The van der Waals surface area contributed by atoms with Gasteiger partial charge in [-0.15, -0.1) is 20.5 Å². The summed E-state index contributed by atoms with van der Waals surface area (Å²) in [4.78, 5) is 62.1. The number of rotatable bonds is 16. The standard InChI is InChI=1S/C22H29N7O2.C20H27N7O.C12H18N2O.C8H12N4.C2H3ClO/c1-8-28(9-2)16-10-11-18(19(12-16)24-14(3)30)25-26-21-17(13-23)20(22(5,6)7)27-29(21)15(4)31;1-7-27(8-2)14-9-10-16(17(11-14)22-13(3)28)23-25-19-15(12-21)18(24-26-19)20(4,5)6;1-4-14(5-2)12-8-6-7-11(9-12)13-10(3)15;1-8(2,3)6-5(4-9)7(10)12-11-6;1-2(3)4/h10-12H,8-9H2,1-7H3,(H,24,30);9-11H,7-8H2,1-6H3,(H,22,28)(H,24,26);6-9H,4-5H2,1-3H3,(H,13,15);1-3H3,(H3,10,11,12);1H3. The van der Waals surface area contributed by atoms with E-state index in [0.717, 1.165) is 72.4 Å². The van der Waals surface area contributed by atoms with Gasteiger partial charge in [0.1, 0.15) is 46.3 Å². The van der Waals surface area contributed by atoms with E-state index in [4.69, 9.17) is 11.0 Å². The molecule has 0 bridgehead atoms. The fourth-order valence-electron chi connectivity index (χ4n) is 8.56. The first kappa shape index (κ1) is 76.3. The Morgan fingerprint density at radius 2 is 0.956 bits per heavy atom. The molecule has 3 amide bonds. The predicted molar refractivity (Wildman–Crippen MR) is 358 cm³/mol. The van der Waals surface area contributed by atoms with Crippen LogP contribution in [0.3, 0.4) is 0 Å². The number of nitrogens with one attached hydrogen (secondary N) is 5. The number of aromatic nitrogens is 6. The normalized spacial score (nSPS) is 10.9. The lowest BCUT2D eigenvalue weighted by molar-refractivity contribution is -0.115. The number of aromatic amines is 2. The van der Waals surface area contributed by atoms with Crippen LogP contribution < -0.4 is 36.4 Å². The Morgan fingerprint density at radius 3 is 1.32 bits per heavy atom. The maximum Gasteiger partial charge on any atom is 0.245 e. The van der Waals surface area contributed by atoms with Gasteiger partial charge < -0.3 is 36.4 Å². The van der Waals surface area contributed by atoms with Crippen molar-refractivity contribution in [2.24, 2.45) is 20.5 Å². The highest BCUT2D eigenvalue weighted by Gasteiger charge is 2.29. The van der Waals surface area contributed by atoms with Crippen molar-refractivity contribution in [1.82, 2.24) is 30.2 Å². The molecular formula is C64H89ClN20O5. The Labute approximate surface area is 534 Å². The minimum atomic E-state index is -0.456. The Balaban J connectivity index is 0.000000424. The van der Waals surface area contributed by atoms with Crippen LogP contribution >= 0.6 is 11.6 Å². The van der Waals surface area contributed by atoms with Crippen molar-refractivity contribution in [2.45, 2.75) is 155 Å². The molecule has 0 saturated carbocycles. The van der Waals surface area contributed by atoms with Gasteiger partial charge >= 0.3 is 0 Å². The number of anilines is 7. The highest BCUT2D eigenvalue weighted by molar-refractivity contribution is 6.62. The van der Waals surface area contributed by atoms with Crippen LogP contribution in [0.15, 0.2) is 81.1 Å². The number of azo groups is 2. The lowest BCUT2D eigenvalue weighted by Crippen LogP contribution is -2.21. The molecule has 0 fully saturated rings. The number of H-pyrrole nitrogens is 2. The second-order valence-corrected chi connectivity index (χ2v) is 23.6. The molecule has 0 saturated heterocycles. The number of carbonyl (C=O) groups is 5. The minimum absolute atomic E-state index is 0.0355. The summed E-state index contributed by atoms with van der Waals surface area (Å²) in [7, 11) is 0. The van der Waals surface area contributed by atoms with E-state index >= 15 is 0 Å². The van der Waals surface area contributed by atoms with E-state index in [1.54, 1.807) is 12.1 Å². The zero-order chi connectivity index (χ0) is 68.4. The molecule has 0 radical (unpaired) electrons. The van der Waals surface area contributed by atoms with E-state index < -0.39 is 5.41 Å². The topological polar surface area (TPSA) is 353 Å². The Morgan fingerprint density at radius 1 is 0.556 bits per heavy atom. The summed E-state index contributed by atoms with van der Waals surface area (Å²) in [6.07, 6.45) is 0. The number of nitrogens with two attached hydrogens (primary N) is 1. The van der Waals surface area contributed by atoms with Crippen LogP contribution in [0.4, 0.5) is 63.0 Å². The number of nitrogen functional groups attached to an aromatic ring is 1. The third-order valence-electron chi connectivity index (χ3n) is 12.9. The summed E-state index contributed by atoms with van der Waals surface area (Å²) in [5.41, 5.74) is 13.5. The molecule has 90 heavy (non-hydrogen) atoms. The largest absolute Gasteiger partial charge is 0.381 e. The smallest absolute Gasteiger partial charge is 0.245 e. The Hall–Kier alpha value is -9.80. The summed E-state index contributed by atoms with van der Waals surface area (Å²) in [5, 5.41) is 70.7. The molecule has 482 valence electrons. The molecule has 0 unspecified atom stereocenters. The molecular weight excluding hydrogens is 1160 g/mol. The van der Waals surface area contributed by atoms with Gasteiger partial charge in [-0.25, -0.2) is 0 Å². The molecule has 0 spiro atoms. The number of amides is 3. The average molecular weight is 1250 g/mol. The van der Waals surface area contributed by atoms with Crippen LogP contribution in [-0.4, -0.2) is 98.3 Å². The zero-order valence-electron chi connectivity index (χ0n) is 55.8. The van der Waals surface area contributed by atoms with Gasteiger partial charge in [-0.2, -0.15) is 35.8 Å². The number of carbonyl (C=O) groups excluding carboxylic acids is 5. The van der Waals surface area contributed by atoms with E-state index in [-0.39, 0.29) is 62.7 Å². The summed E-state index contributed by atoms with van der Waals surface area (Å²) in [6, 6.07) is 25.3. The second kappa shape index (κ2) is 35.3. The number of halogens is 1. The maximum absolute atomic E-state index is 12.1. The van der Waals surface area contributed by atoms with Gasteiger partial charge in [-0.1, -0.05) is 68.4 Å². The van der Waals surface area contributed by atoms with Gasteiger partial charge in [0.2, 0.25) is 34.7 Å². The van der Waals surface area contributed by atoms with Crippen LogP contribution in [0.1, 0.15) is 177 Å². The molecule has 3 heterocycles. The third kappa shape index (κ3) is 23.0. The van der Waals surface area contributed by atoms with Gasteiger partial charge in [0.25, 0.3) is 0 Å². The molecule has 3 aromatic carbocycles. The highest BCUT2D eigenvalue weighted by Crippen LogP contribution is 2.37.